The van der Waals surface area contributed by atoms with Gasteiger partial charge in [0.2, 0.25) is 11.8 Å². The zero-order valence-corrected chi connectivity index (χ0v) is 18.3. The fourth-order valence-electron chi connectivity index (χ4n) is 5.51. The van der Waals surface area contributed by atoms with Crippen molar-refractivity contribution in [2.75, 3.05) is 29.9 Å². The highest BCUT2D eigenvalue weighted by Gasteiger charge is 2.50. The van der Waals surface area contributed by atoms with Crippen LogP contribution < -0.4 is 10.2 Å². The van der Waals surface area contributed by atoms with Crippen molar-refractivity contribution >= 4 is 23.2 Å². The molecule has 1 saturated carbocycles. The van der Waals surface area contributed by atoms with Gasteiger partial charge < -0.3 is 20.2 Å². The lowest BCUT2D eigenvalue weighted by atomic mass is 9.78. The zero-order chi connectivity index (χ0) is 22.0. The number of anilines is 2. The van der Waals surface area contributed by atoms with E-state index in [9.17, 15) is 20.0 Å². The Morgan fingerprint density at radius 2 is 2.03 bits per heavy atom. The van der Waals surface area contributed by atoms with Gasteiger partial charge in [-0.15, -0.1) is 0 Å². The maximum absolute atomic E-state index is 13.5. The van der Waals surface area contributed by atoms with Crippen molar-refractivity contribution in [1.29, 1.82) is 5.26 Å². The lowest BCUT2D eigenvalue weighted by Crippen LogP contribution is -2.50. The number of rotatable bonds is 4. The molecule has 7 nitrogen and oxygen atoms in total. The number of carbonyl (C=O) groups is 2. The zero-order valence-electron chi connectivity index (χ0n) is 18.3. The van der Waals surface area contributed by atoms with Gasteiger partial charge in [-0.3, -0.25) is 9.59 Å². The van der Waals surface area contributed by atoms with Crippen LogP contribution >= 0.6 is 0 Å². The van der Waals surface area contributed by atoms with Crippen molar-refractivity contribution in [3.63, 3.8) is 0 Å². The number of hydrogen-bond acceptors (Lipinski definition) is 5. The summed E-state index contributed by atoms with van der Waals surface area (Å²) in [5.41, 5.74) is 1.61. The molecule has 0 unspecified atom stereocenters. The van der Waals surface area contributed by atoms with Crippen molar-refractivity contribution in [3.8, 4) is 6.07 Å². The van der Waals surface area contributed by atoms with E-state index in [0.717, 1.165) is 63.7 Å². The highest BCUT2D eigenvalue weighted by Crippen LogP contribution is 2.44. The normalized spacial score (nSPS) is 28.6. The molecule has 2 amide bonds. The molecule has 1 spiro atoms. The Bertz CT molecular complexity index is 887. The number of amides is 2. The molecule has 1 aliphatic carbocycles. The molecule has 7 heteroatoms. The van der Waals surface area contributed by atoms with Crippen molar-refractivity contribution < 1.29 is 14.7 Å². The highest BCUT2D eigenvalue weighted by molar-refractivity contribution is 5.91. The van der Waals surface area contributed by atoms with Gasteiger partial charge in [0.15, 0.2) is 0 Å². The molecule has 0 bridgehead atoms. The van der Waals surface area contributed by atoms with Crippen LogP contribution in [0.15, 0.2) is 18.2 Å². The van der Waals surface area contributed by atoms with Crippen LogP contribution in [0.2, 0.25) is 0 Å². The predicted molar refractivity (Wildman–Crippen MR) is 119 cm³/mol. The Hall–Kier alpha value is -2.59. The maximum atomic E-state index is 13.5. The largest absolute Gasteiger partial charge is 0.393 e. The minimum absolute atomic E-state index is 0.0829. The van der Waals surface area contributed by atoms with Gasteiger partial charge in [0, 0.05) is 37.8 Å². The molecule has 3 fully saturated rings. The Balaban J connectivity index is 1.50. The lowest BCUT2D eigenvalue weighted by Gasteiger charge is -2.41. The molecule has 2 N–H and O–H groups in total. The monoisotopic (exact) mass is 424 g/mol. The molecular formula is C24H32N4O3. The fraction of sp³-hybridized carbons (Fsp3) is 0.625. The van der Waals surface area contributed by atoms with Gasteiger partial charge in [0.05, 0.1) is 22.8 Å². The standard InChI is InChI=1S/C24H32N4O3/c1-2-22(30)26-18-4-9-21(17(14-18)15-25)27-12-3-10-24(16-27)11-13-28(23(24)31)19-5-7-20(29)8-6-19/h4,9,14,19-20,29H,2-3,5-8,10-13,16H2,1H3,(H,26,30)/t19-,20-,24-/m1/s1. The van der Waals surface area contributed by atoms with Crippen LogP contribution in [-0.4, -0.2) is 53.6 Å². The first-order valence-electron chi connectivity index (χ1n) is 11.5. The molecule has 4 rings (SSSR count). The molecule has 1 atom stereocenters. The van der Waals surface area contributed by atoms with Crippen LogP contribution in [0.1, 0.15) is 63.9 Å². The third kappa shape index (κ3) is 4.27. The fourth-order valence-corrected chi connectivity index (χ4v) is 5.51. The number of aliphatic hydroxyl groups is 1. The smallest absolute Gasteiger partial charge is 0.230 e. The van der Waals surface area contributed by atoms with Crippen LogP contribution in [0, 0.1) is 16.7 Å². The first-order valence-corrected chi connectivity index (χ1v) is 11.5. The van der Waals surface area contributed by atoms with Gasteiger partial charge in [-0.1, -0.05) is 6.92 Å². The Labute approximate surface area is 184 Å². The summed E-state index contributed by atoms with van der Waals surface area (Å²) in [5, 5.41) is 22.3. The summed E-state index contributed by atoms with van der Waals surface area (Å²) in [5.74, 6) is 0.171. The summed E-state index contributed by atoms with van der Waals surface area (Å²) in [4.78, 5) is 29.5. The first kappa shape index (κ1) is 21.6. The number of carbonyl (C=O) groups excluding carboxylic acids is 2. The third-order valence-electron chi connectivity index (χ3n) is 7.29. The molecule has 1 aromatic carbocycles. The average molecular weight is 425 g/mol. The number of aliphatic hydroxyl groups excluding tert-OH is 1. The molecule has 2 heterocycles. The van der Waals surface area contributed by atoms with E-state index in [1.807, 2.05) is 12.1 Å². The summed E-state index contributed by atoms with van der Waals surface area (Å²) in [6.45, 7) is 4.03. The van der Waals surface area contributed by atoms with Crippen LogP contribution in [0.5, 0.6) is 0 Å². The molecule has 0 aromatic heterocycles. The molecule has 2 aliphatic heterocycles. The molecule has 1 aromatic rings. The van der Waals surface area contributed by atoms with Gasteiger partial charge in [0.25, 0.3) is 0 Å². The van der Waals surface area contributed by atoms with Crippen LogP contribution in [0.3, 0.4) is 0 Å². The van der Waals surface area contributed by atoms with E-state index in [-0.39, 0.29) is 29.4 Å². The molecule has 31 heavy (non-hydrogen) atoms. The second-order valence-electron chi connectivity index (χ2n) is 9.26. The predicted octanol–water partition coefficient (Wildman–Crippen LogP) is 3.03. The van der Waals surface area contributed by atoms with Gasteiger partial charge in [-0.2, -0.15) is 5.26 Å². The molecule has 2 saturated heterocycles. The summed E-state index contributed by atoms with van der Waals surface area (Å²) in [7, 11) is 0. The van der Waals surface area contributed by atoms with Gasteiger partial charge in [-0.25, -0.2) is 0 Å². The maximum Gasteiger partial charge on any atom is 0.230 e. The van der Waals surface area contributed by atoms with Crippen LogP contribution in [0.4, 0.5) is 11.4 Å². The number of nitrogens with one attached hydrogen (secondary N) is 1. The van der Waals surface area contributed by atoms with Crippen LogP contribution in [0.25, 0.3) is 0 Å². The second-order valence-corrected chi connectivity index (χ2v) is 9.26. The van der Waals surface area contributed by atoms with Gasteiger partial charge >= 0.3 is 0 Å². The Kier molecular flexibility index (Phi) is 6.19. The summed E-state index contributed by atoms with van der Waals surface area (Å²) in [6.07, 6.45) is 6.16. The lowest BCUT2D eigenvalue weighted by molar-refractivity contribution is -0.139. The van der Waals surface area contributed by atoms with Crippen molar-refractivity contribution in [2.45, 2.75) is 70.4 Å². The van der Waals surface area contributed by atoms with Gasteiger partial charge in [-0.05, 0) is 63.1 Å². The second kappa shape index (κ2) is 8.88. The van der Waals surface area contributed by atoms with E-state index in [4.69, 9.17) is 0 Å². The number of nitriles is 1. The third-order valence-corrected chi connectivity index (χ3v) is 7.29. The first-order chi connectivity index (χ1) is 15.0. The number of hydrogen-bond donors (Lipinski definition) is 2. The summed E-state index contributed by atoms with van der Waals surface area (Å²) < 4.78 is 0. The average Bonchev–Trinajstić information content (AvgIpc) is 3.09. The summed E-state index contributed by atoms with van der Waals surface area (Å²) in [6, 6.07) is 7.97. The topological polar surface area (TPSA) is 96.7 Å². The molecular weight excluding hydrogens is 392 g/mol. The van der Waals surface area contributed by atoms with E-state index in [1.165, 1.54) is 0 Å². The van der Waals surface area contributed by atoms with E-state index < -0.39 is 0 Å². The number of likely N-dealkylation sites (tertiary alicyclic amines) is 1. The Morgan fingerprint density at radius 3 is 2.74 bits per heavy atom. The van der Waals surface area contributed by atoms with Crippen molar-refractivity contribution in [1.82, 2.24) is 4.90 Å². The van der Waals surface area contributed by atoms with Crippen molar-refractivity contribution in [3.05, 3.63) is 23.8 Å². The molecule has 3 aliphatic rings. The van der Waals surface area contributed by atoms with E-state index in [0.29, 0.717) is 24.2 Å². The number of benzene rings is 1. The Morgan fingerprint density at radius 1 is 1.26 bits per heavy atom. The van der Waals surface area contributed by atoms with Crippen LogP contribution in [-0.2, 0) is 9.59 Å². The highest BCUT2D eigenvalue weighted by atomic mass is 16.3. The molecule has 0 radical (unpaired) electrons. The number of piperidine rings is 1. The quantitative estimate of drug-likeness (QED) is 0.774. The summed E-state index contributed by atoms with van der Waals surface area (Å²) >= 11 is 0. The minimum Gasteiger partial charge on any atom is -0.393 e. The SMILES string of the molecule is CCC(=O)Nc1ccc(N2CCC[C@@]3(CCN([C@H]4CC[C@H](O)CC4)C3=O)C2)c(C#N)c1. The van der Waals surface area contributed by atoms with E-state index >= 15 is 0 Å². The van der Waals surface area contributed by atoms with Crippen molar-refractivity contribution in [2.24, 2.45) is 5.41 Å². The number of nitrogens with zero attached hydrogens (tertiary/aromatic N) is 3. The van der Waals surface area contributed by atoms with Gasteiger partial charge in [0.1, 0.15) is 6.07 Å². The van der Waals surface area contributed by atoms with E-state index in [2.05, 4.69) is 21.2 Å². The molecule has 166 valence electrons. The minimum atomic E-state index is -0.379. The van der Waals surface area contributed by atoms with E-state index in [1.54, 1.807) is 13.0 Å².